The fraction of sp³-hybridized carbons (Fsp3) is 0.733. The smallest absolute Gasteiger partial charge is 0.410 e. The molecule has 1 N–H and O–H groups in total. The Kier molecular flexibility index (Phi) is 4.27. The van der Waals surface area contributed by atoms with E-state index in [2.05, 4.69) is 17.4 Å². The maximum atomic E-state index is 11.9. The highest BCUT2D eigenvalue weighted by atomic mass is 16.6. The normalized spacial score (nSPS) is 17.5. The average molecular weight is 295 g/mol. The number of rotatable bonds is 3. The van der Waals surface area contributed by atoms with Crippen molar-refractivity contribution >= 4 is 6.09 Å². The number of hydrogen-bond acceptors (Lipinski definition) is 5. The number of aromatic nitrogens is 1. The Morgan fingerprint density at radius 3 is 2.52 bits per heavy atom. The summed E-state index contributed by atoms with van der Waals surface area (Å²) in [5.74, 6) is 0.843. The summed E-state index contributed by atoms with van der Waals surface area (Å²) in [7, 11) is 0. The maximum absolute atomic E-state index is 11.9. The van der Waals surface area contributed by atoms with E-state index in [1.165, 1.54) is 0 Å². The van der Waals surface area contributed by atoms with Gasteiger partial charge in [-0.15, -0.1) is 0 Å². The number of aryl methyl sites for hydroxylation is 2. The van der Waals surface area contributed by atoms with Crippen molar-refractivity contribution in [3.8, 4) is 0 Å². The number of nitrogens with one attached hydrogen (secondary N) is 1. The quantitative estimate of drug-likeness (QED) is 0.928. The highest BCUT2D eigenvalue weighted by Crippen LogP contribution is 2.23. The SMILES string of the molecule is Cc1noc(C)c1C(C)NC1CN(C(=O)OC(C)(C)C)C1. The van der Waals surface area contributed by atoms with Crippen LogP contribution in [0, 0.1) is 13.8 Å². The van der Waals surface area contributed by atoms with Crippen LogP contribution in [-0.4, -0.2) is 40.9 Å². The largest absolute Gasteiger partial charge is 0.444 e. The van der Waals surface area contributed by atoms with E-state index in [1.54, 1.807) is 4.90 Å². The minimum absolute atomic E-state index is 0.155. The van der Waals surface area contributed by atoms with Gasteiger partial charge in [-0.05, 0) is 41.5 Å². The van der Waals surface area contributed by atoms with Crippen molar-refractivity contribution in [2.45, 2.75) is 59.2 Å². The number of likely N-dealkylation sites (tertiary alicyclic amines) is 1. The molecule has 118 valence electrons. The van der Waals surface area contributed by atoms with Crippen LogP contribution in [0.3, 0.4) is 0 Å². The Labute approximate surface area is 125 Å². The van der Waals surface area contributed by atoms with E-state index < -0.39 is 5.60 Å². The van der Waals surface area contributed by atoms with Crippen LogP contribution >= 0.6 is 0 Å². The molecule has 1 aliphatic rings. The second-order valence-electron chi connectivity index (χ2n) is 6.71. The summed E-state index contributed by atoms with van der Waals surface area (Å²) in [6.07, 6.45) is -0.245. The van der Waals surface area contributed by atoms with Gasteiger partial charge in [0.2, 0.25) is 0 Å². The van der Waals surface area contributed by atoms with Crippen molar-refractivity contribution in [2.24, 2.45) is 0 Å². The lowest BCUT2D eigenvalue weighted by atomic mass is 10.0. The van der Waals surface area contributed by atoms with Gasteiger partial charge in [-0.3, -0.25) is 0 Å². The molecule has 0 aliphatic carbocycles. The number of nitrogens with zero attached hydrogens (tertiary/aromatic N) is 2. The molecule has 6 nitrogen and oxygen atoms in total. The molecule has 0 bridgehead atoms. The first-order valence-electron chi connectivity index (χ1n) is 7.34. The van der Waals surface area contributed by atoms with Crippen LogP contribution in [0.15, 0.2) is 4.52 Å². The molecule has 0 spiro atoms. The lowest BCUT2D eigenvalue weighted by molar-refractivity contribution is 0.00431. The van der Waals surface area contributed by atoms with Crippen LogP contribution in [0.1, 0.15) is 50.8 Å². The molecule has 1 amide bonds. The number of hydrogen-bond donors (Lipinski definition) is 1. The molecule has 1 aliphatic heterocycles. The first kappa shape index (κ1) is 15.8. The van der Waals surface area contributed by atoms with E-state index >= 15 is 0 Å². The lowest BCUT2D eigenvalue weighted by Crippen LogP contribution is -2.60. The molecule has 1 fully saturated rings. The van der Waals surface area contributed by atoms with Crippen LogP contribution in [0.5, 0.6) is 0 Å². The molecule has 0 saturated carbocycles. The third kappa shape index (κ3) is 3.75. The summed E-state index contributed by atoms with van der Waals surface area (Å²) >= 11 is 0. The van der Waals surface area contributed by atoms with Gasteiger partial charge < -0.3 is 19.5 Å². The molecule has 2 rings (SSSR count). The predicted octanol–water partition coefficient (Wildman–Crippen LogP) is 2.56. The molecule has 2 heterocycles. The number of carbonyl (C=O) groups is 1. The molecule has 0 aromatic carbocycles. The molecule has 1 aromatic heterocycles. The number of carbonyl (C=O) groups excluding carboxylic acids is 1. The number of ether oxygens (including phenoxy) is 1. The van der Waals surface area contributed by atoms with Crippen molar-refractivity contribution in [1.82, 2.24) is 15.4 Å². The van der Waals surface area contributed by atoms with Crippen molar-refractivity contribution < 1.29 is 14.1 Å². The van der Waals surface area contributed by atoms with E-state index in [4.69, 9.17) is 9.26 Å². The van der Waals surface area contributed by atoms with Gasteiger partial charge in [0.1, 0.15) is 11.4 Å². The lowest BCUT2D eigenvalue weighted by Gasteiger charge is -2.41. The molecule has 6 heteroatoms. The van der Waals surface area contributed by atoms with E-state index in [-0.39, 0.29) is 18.2 Å². The summed E-state index contributed by atoms with van der Waals surface area (Å²) in [6, 6.07) is 0.434. The Morgan fingerprint density at radius 2 is 2.05 bits per heavy atom. The zero-order valence-electron chi connectivity index (χ0n) is 13.7. The van der Waals surface area contributed by atoms with Gasteiger partial charge in [-0.1, -0.05) is 5.16 Å². The second kappa shape index (κ2) is 5.67. The van der Waals surface area contributed by atoms with Crippen LogP contribution in [0.25, 0.3) is 0 Å². The molecule has 1 atom stereocenters. The van der Waals surface area contributed by atoms with Crippen molar-refractivity contribution in [3.63, 3.8) is 0 Å². The third-order valence-electron chi connectivity index (χ3n) is 3.54. The molecule has 1 unspecified atom stereocenters. The number of amides is 1. The van der Waals surface area contributed by atoms with E-state index in [0.29, 0.717) is 13.1 Å². The Morgan fingerprint density at radius 1 is 1.43 bits per heavy atom. The molecule has 21 heavy (non-hydrogen) atoms. The first-order chi connectivity index (χ1) is 9.67. The highest BCUT2D eigenvalue weighted by Gasteiger charge is 2.34. The average Bonchev–Trinajstić information content (AvgIpc) is 2.60. The summed E-state index contributed by atoms with van der Waals surface area (Å²) < 4.78 is 10.5. The highest BCUT2D eigenvalue weighted by molar-refractivity contribution is 5.69. The first-order valence-corrected chi connectivity index (χ1v) is 7.34. The third-order valence-corrected chi connectivity index (χ3v) is 3.54. The minimum atomic E-state index is -0.445. The van der Waals surface area contributed by atoms with Gasteiger partial charge in [-0.2, -0.15) is 0 Å². The van der Waals surface area contributed by atoms with Gasteiger partial charge in [0, 0.05) is 30.7 Å². The van der Waals surface area contributed by atoms with Gasteiger partial charge in [-0.25, -0.2) is 4.79 Å². The van der Waals surface area contributed by atoms with Crippen molar-refractivity contribution in [3.05, 3.63) is 17.0 Å². The minimum Gasteiger partial charge on any atom is -0.444 e. The summed E-state index contributed by atoms with van der Waals surface area (Å²) in [5, 5.41) is 7.47. The fourth-order valence-electron chi connectivity index (χ4n) is 2.60. The van der Waals surface area contributed by atoms with Crippen molar-refractivity contribution in [1.29, 1.82) is 0 Å². The molecule has 0 radical (unpaired) electrons. The van der Waals surface area contributed by atoms with Crippen LogP contribution in [0.4, 0.5) is 4.79 Å². The summed E-state index contributed by atoms with van der Waals surface area (Å²) in [4.78, 5) is 13.6. The van der Waals surface area contributed by atoms with Crippen LogP contribution in [-0.2, 0) is 4.74 Å². The zero-order valence-corrected chi connectivity index (χ0v) is 13.7. The molecule has 1 saturated heterocycles. The maximum Gasteiger partial charge on any atom is 0.410 e. The van der Waals surface area contributed by atoms with Crippen molar-refractivity contribution in [2.75, 3.05) is 13.1 Å². The Balaban J connectivity index is 1.82. The zero-order chi connectivity index (χ0) is 15.8. The van der Waals surface area contributed by atoms with Crippen LogP contribution < -0.4 is 5.32 Å². The Bertz CT molecular complexity index is 493. The standard InChI is InChI=1S/C15H25N3O3/c1-9(13-10(2)17-21-11(13)3)16-12-7-18(8-12)14(19)20-15(4,5)6/h9,12,16H,7-8H2,1-6H3. The van der Waals surface area contributed by atoms with Gasteiger partial charge in [0.05, 0.1) is 5.69 Å². The summed E-state index contributed by atoms with van der Waals surface area (Å²) in [6.45, 7) is 12.9. The second-order valence-corrected chi connectivity index (χ2v) is 6.71. The van der Waals surface area contributed by atoms with E-state index in [0.717, 1.165) is 17.0 Å². The Hall–Kier alpha value is -1.56. The van der Waals surface area contributed by atoms with E-state index in [1.807, 2.05) is 34.6 Å². The monoisotopic (exact) mass is 295 g/mol. The van der Waals surface area contributed by atoms with Gasteiger partial charge >= 0.3 is 6.09 Å². The molecular weight excluding hydrogens is 270 g/mol. The van der Waals surface area contributed by atoms with Crippen LogP contribution in [0.2, 0.25) is 0 Å². The predicted molar refractivity (Wildman–Crippen MR) is 79.1 cm³/mol. The van der Waals surface area contributed by atoms with E-state index in [9.17, 15) is 4.79 Å². The summed E-state index contributed by atoms with van der Waals surface area (Å²) in [5.41, 5.74) is 1.57. The van der Waals surface area contributed by atoms with Gasteiger partial charge in [0.25, 0.3) is 0 Å². The molecule has 1 aromatic rings. The fourth-order valence-corrected chi connectivity index (χ4v) is 2.60. The molecular formula is C15H25N3O3. The topological polar surface area (TPSA) is 67.6 Å². The van der Waals surface area contributed by atoms with Gasteiger partial charge in [0.15, 0.2) is 0 Å².